The molecule has 0 aromatic carbocycles. The minimum Gasteiger partial charge on any atom is -0.298 e. The molecule has 0 fully saturated rings. The highest BCUT2D eigenvalue weighted by Crippen LogP contribution is 2.15. The third-order valence-electron chi connectivity index (χ3n) is 2.76. The zero-order chi connectivity index (χ0) is 12.9. The molecule has 0 saturated heterocycles. The first-order valence-electron chi connectivity index (χ1n) is 6.09. The van der Waals surface area contributed by atoms with Crippen LogP contribution in [-0.2, 0) is 11.3 Å². The Balaban J connectivity index is 2.59. The molecular weight excluding hydrogens is 212 g/mol. The lowest BCUT2D eigenvalue weighted by atomic mass is 9.90. The molecule has 0 saturated carbocycles. The maximum atomic E-state index is 12.0. The van der Waals surface area contributed by atoms with Crippen molar-refractivity contribution in [2.75, 3.05) is 13.1 Å². The van der Waals surface area contributed by atoms with Crippen molar-refractivity contribution in [1.82, 2.24) is 9.88 Å². The maximum absolute atomic E-state index is 12.0. The van der Waals surface area contributed by atoms with Crippen molar-refractivity contribution in [2.45, 2.75) is 34.2 Å². The average Bonchev–Trinajstić information content (AvgIpc) is 2.28. The number of rotatable bonds is 5. The lowest BCUT2D eigenvalue weighted by molar-refractivity contribution is -0.127. The van der Waals surface area contributed by atoms with Crippen molar-refractivity contribution in [3.63, 3.8) is 0 Å². The van der Waals surface area contributed by atoms with Gasteiger partial charge >= 0.3 is 0 Å². The summed E-state index contributed by atoms with van der Waals surface area (Å²) >= 11 is 0. The molecule has 1 aromatic heterocycles. The molecule has 3 nitrogen and oxygen atoms in total. The second-order valence-corrected chi connectivity index (χ2v) is 5.30. The van der Waals surface area contributed by atoms with Crippen LogP contribution in [0.2, 0.25) is 0 Å². The highest BCUT2D eigenvalue weighted by molar-refractivity contribution is 5.85. The van der Waals surface area contributed by atoms with Gasteiger partial charge in [0.2, 0.25) is 0 Å². The lowest BCUT2D eigenvalue weighted by Crippen LogP contribution is -2.35. The molecule has 3 heteroatoms. The largest absolute Gasteiger partial charge is 0.298 e. The molecule has 0 aliphatic heterocycles. The van der Waals surface area contributed by atoms with Gasteiger partial charge in [-0.1, -0.05) is 33.8 Å². The highest BCUT2D eigenvalue weighted by atomic mass is 16.1. The maximum Gasteiger partial charge on any atom is 0.152 e. The number of nitrogens with zero attached hydrogens (tertiary/aromatic N) is 2. The number of aromatic nitrogens is 1. The van der Waals surface area contributed by atoms with Crippen LogP contribution >= 0.6 is 0 Å². The van der Waals surface area contributed by atoms with Crippen LogP contribution in [0.5, 0.6) is 0 Å². The van der Waals surface area contributed by atoms with Gasteiger partial charge in [-0.25, -0.2) is 0 Å². The van der Waals surface area contributed by atoms with Crippen molar-refractivity contribution in [1.29, 1.82) is 0 Å². The van der Waals surface area contributed by atoms with Gasteiger partial charge in [0.1, 0.15) is 0 Å². The molecule has 0 N–H and O–H groups in total. The van der Waals surface area contributed by atoms with Gasteiger partial charge in [-0.3, -0.25) is 14.7 Å². The van der Waals surface area contributed by atoms with Gasteiger partial charge in [-0.05, 0) is 18.7 Å². The SMILES string of the molecule is CCN(CC(=O)C(C)(C)C)Cc1ccccn1. The molecule has 1 heterocycles. The Morgan fingerprint density at radius 1 is 1.35 bits per heavy atom. The van der Waals surface area contributed by atoms with Gasteiger partial charge in [0.05, 0.1) is 12.2 Å². The number of carbonyl (C=O) groups is 1. The fourth-order valence-corrected chi connectivity index (χ4v) is 1.44. The monoisotopic (exact) mass is 234 g/mol. The number of pyridine rings is 1. The van der Waals surface area contributed by atoms with Crippen LogP contribution in [0.25, 0.3) is 0 Å². The highest BCUT2D eigenvalue weighted by Gasteiger charge is 2.23. The van der Waals surface area contributed by atoms with E-state index in [0.717, 1.165) is 18.8 Å². The Morgan fingerprint density at radius 2 is 2.06 bits per heavy atom. The quantitative estimate of drug-likeness (QED) is 0.785. The van der Waals surface area contributed by atoms with E-state index in [0.29, 0.717) is 6.54 Å². The van der Waals surface area contributed by atoms with Crippen molar-refractivity contribution in [3.8, 4) is 0 Å². The molecule has 0 spiro atoms. The summed E-state index contributed by atoms with van der Waals surface area (Å²) in [7, 11) is 0. The third-order valence-corrected chi connectivity index (χ3v) is 2.76. The number of Topliss-reactive ketones (excluding diaryl/α,β-unsaturated/α-hetero) is 1. The van der Waals surface area contributed by atoms with Crippen LogP contribution in [-0.4, -0.2) is 28.8 Å². The molecule has 17 heavy (non-hydrogen) atoms. The van der Waals surface area contributed by atoms with Crippen LogP contribution in [0.1, 0.15) is 33.4 Å². The number of carbonyl (C=O) groups excluding carboxylic acids is 1. The van der Waals surface area contributed by atoms with Gasteiger partial charge in [-0.2, -0.15) is 0 Å². The van der Waals surface area contributed by atoms with Crippen molar-refractivity contribution in [2.24, 2.45) is 5.41 Å². The first-order chi connectivity index (χ1) is 7.93. The van der Waals surface area contributed by atoms with E-state index in [1.165, 1.54) is 0 Å². The number of ketones is 1. The molecule has 0 aliphatic carbocycles. The fraction of sp³-hybridized carbons (Fsp3) is 0.571. The summed E-state index contributed by atoms with van der Waals surface area (Å²) in [4.78, 5) is 18.4. The molecule has 0 radical (unpaired) electrons. The molecule has 94 valence electrons. The summed E-state index contributed by atoms with van der Waals surface area (Å²) in [5, 5.41) is 0. The van der Waals surface area contributed by atoms with Crippen LogP contribution in [0, 0.1) is 5.41 Å². The lowest BCUT2D eigenvalue weighted by Gasteiger charge is -2.24. The molecule has 0 aliphatic rings. The Bertz CT molecular complexity index is 354. The van der Waals surface area contributed by atoms with E-state index in [1.807, 2.05) is 39.0 Å². The Labute approximate surface area is 104 Å². The van der Waals surface area contributed by atoms with Crippen LogP contribution in [0.4, 0.5) is 0 Å². The Hall–Kier alpha value is -1.22. The van der Waals surface area contributed by atoms with Gasteiger partial charge in [0.25, 0.3) is 0 Å². The molecule has 1 aromatic rings. The van der Waals surface area contributed by atoms with Crippen molar-refractivity contribution in [3.05, 3.63) is 30.1 Å². The first kappa shape index (κ1) is 13.8. The van der Waals surface area contributed by atoms with E-state index >= 15 is 0 Å². The minimum absolute atomic E-state index is 0.266. The van der Waals surface area contributed by atoms with Crippen molar-refractivity contribution < 1.29 is 4.79 Å². The predicted octanol–water partition coefficient (Wildman–Crippen LogP) is 2.52. The molecule has 0 unspecified atom stereocenters. The van der Waals surface area contributed by atoms with E-state index in [2.05, 4.69) is 16.8 Å². The zero-order valence-electron chi connectivity index (χ0n) is 11.2. The van der Waals surface area contributed by atoms with Crippen molar-refractivity contribution >= 4 is 5.78 Å². The van der Waals surface area contributed by atoms with Crippen LogP contribution < -0.4 is 0 Å². The van der Waals surface area contributed by atoms with Crippen LogP contribution in [0.3, 0.4) is 0 Å². The summed E-state index contributed by atoms with van der Waals surface area (Å²) in [5.74, 6) is 0.273. The van der Waals surface area contributed by atoms with E-state index < -0.39 is 0 Å². The van der Waals surface area contributed by atoms with E-state index in [4.69, 9.17) is 0 Å². The molecule has 0 amide bonds. The number of hydrogen-bond donors (Lipinski definition) is 0. The second kappa shape index (κ2) is 5.92. The predicted molar refractivity (Wildman–Crippen MR) is 69.7 cm³/mol. The van der Waals surface area contributed by atoms with Gasteiger partial charge in [0, 0.05) is 18.2 Å². The molecule has 0 bridgehead atoms. The van der Waals surface area contributed by atoms with Gasteiger partial charge < -0.3 is 0 Å². The number of likely N-dealkylation sites (N-methyl/N-ethyl adjacent to an activating group) is 1. The smallest absolute Gasteiger partial charge is 0.152 e. The fourth-order valence-electron chi connectivity index (χ4n) is 1.44. The molecular formula is C14H22N2O. The summed E-state index contributed by atoms with van der Waals surface area (Å²) < 4.78 is 0. The standard InChI is InChI=1S/C14H22N2O/c1-5-16(11-13(17)14(2,3)4)10-12-8-6-7-9-15-12/h6-9H,5,10-11H2,1-4H3. The Kier molecular flexibility index (Phi) is 4.82. The van der Waals surface area contributed by atoms with Gasteiger partial charge in [0.15, 0.2) is 5.78 Å². The third kappa shape index (κ3) is 4.65. The first-order valence-corrected chi connectivity index (χ1v) is 6.09. The van der Waals surface area contributed by atoms with Gasteiger partial charge in [-0.15, -0.1) is 0 Å². The zero-order valence-corrected chi connectivity index (χ0v) is 11.2. The average molecular weight is 234 g/mol. The normalized spacial score (nSPS) is 11.8. The summed E-state index contributed by atoms with van der Waals surface area (Å²) in [5.41, 5.74) is 0.744. The Morgan fingerprint density at radius 3 is 2.53 bits per heavy atom. The second-order valence-electron chi connectivity index (χ2n) is 5.30. The van der Waals surface area contributed by atoms with Crippen LogP contribution in [0.15, 0.2) is 24.4 Å². The molecule has 1 rings (SSSR count). The van der Waals surface area contributed by atoms with E-state index in [1.54, 1.807) is 6.20 Å². The topological polar surface area (TPSA) is 33.2 Å². The van der Waals surface area contributed by atoms with E-state index in [9.17, 15) is 4.79 Å². The van der Waals surface area contributed by atoms with E-state index in [-0.39, 0.29) is 11.2 Å². The summed E-state index contributed by atoms with van der Waals surface area (Å²) in [6.07, 6.45) is 1.79. The summed E-state index contributed by atoms with van der Waals surface area (Å²) in [6, 6.07) is 5.87. The molecule has 0 atom stereocenters. The number of hydrogen-bond acceptors (Lipinski definition) is 3. The summed E-state index contributed by atoms with van der Waals surface area (Å²) in [6.45, 7) is 10.0. The minimum atomic E-state index is -0.266.